The van der Waals surface area contributed by atoms with Gasteiger partial charge in [-0.05, 0) is 6.42 Å². The molecule has 1 rings (SSSR count). The Morgan fingerprint density at radius 3 is 2.44 bits per heavy atom. The minimum absolute atomic E-state index is 0.0442. The molecule has 0 saturated heterocycles. The summed E-state index contributed by atoms with van der Waals surface area (Å²) in [4.78, 5) is 10.7. The van der Waals surface area contributed by atoms with Crippen LogP contribution >= 0.6 is 0 Å². The number of carbonyl (C=O) groups excluding carboxylic acids is 1. The fraction of sp³-hybridized carbons (Fsp3) is 0.833. The highest BCUT2D eigenvalue weighted by molar-refractivity contribution is 5.80. The molecule has 0 aromatic carbocycles. The Morgan fingerprint density at radius 2 is 2.00 bits per heavy atom. The number of ketones is 1. The molecule has 4 N–H and O–H groups in total. The predicted molar refractivity (Wildman–Crippen MR) is 34.8 cm³/mol. The van der Waals surface area contributed by atoms with Gasteiger partial charge in [-0.1, -0.05) is 0 Å². The Balaban J connectivity index is 2.44. The van der Waals surface area contributed by atoms with Crippen LogP contribution in [0.3, 0.4) is 0 Å². The van der Waals surface area contributed by atoms with Crippen LogP contribution in [0.4, 0.5) is 0 Å². The van der Waals surface area contributed by atoms with Crippen molar-refractivity contribution < 1.29 is 4.79 Å². The van der Waals surface area contributed by atoms with E-state index in [0.717, 1.165) is 6.42 Å². The summed E-state index contributed by atoms with van der Waals surface area (Å²) in [6.07, 6.45) is 1.86. The van der Waals surface area contributed by atoms with Crippen LogP contribution in [0.25, 0.3) is 0 Å². The van der Waals surface area contributed by atoms with Crippen molar-refractivity contribution in [2.45, 2.75) is 31.3 Å². The van der Waals surface area contributed by atoms with Crippen molar-refractivity contribution in [3.8, 4) is 0 Å². The fourth-order valence-corrected chi connectivity index (χ4v) is 1.06. The van der Waals surface area contributed by atoms with Crippen LogP contribution < -0.4 is 11.5 Å². The first-order valence-corrected chi connectivity index (χ1v) is 3.23. The second-order valence-electron chi connectivity index (χ2n) is 2.61. The molecule has 0 aromatic heterocycles. The van der Waals surface area contributed by atoms with Gasteiger partial charge in [0.2, 0.25) is 0 Å². The van der Waals surface area contributed by atoms with Crippen LogP contribution in [0.15, 0.2) is 0 Å². The van der Waals surface area contributed by atoms with Crippen LogP contribution in [0, 0.1) is 0 Å². The minimum Gasteiger partial charge on any atom is -0.326 e. The molecule has 52 valence electrons. The van der Waals surface area contributed by atoms with Crippen LogP contribution in [-0.4, -0.2) is 17.9 Å². The summed E-state index contributed by atoms with van der Waals surface area (Å²) >= 11 is 0. The van der Waals surface area contributed by atoms with Gasteiger partial charge in [-0.15, -0.1) is 0 Å². The fourth-order valence-electron chi connectivity index (χ4n) is 1.06. The van der Waals surface area contributed by atoms with Crippen LogP contribution in [0.2, 0.25) is 0 Å². The van der Waals surface area contributed by atoms with Crippen molar-refractivity contribution in [2.24, 2.45) is 11.5 Å². The number of Topliss-reactive ketones (excluding diaryl/α,β-unsaturated/α-hetero) is 1. The van der Waals surface area contributed by atoms with E-state index in [4.69, 9.17) is 11.5 Å². The molecule has 1 saturated carbocycles. The summed E-state index contributed by atoms with van der Waals surface area (Å²) in [5.41, 5.74) is 11.1. The Hall–Kier alpha value is -0.410. The molecular weight excluding hydrogens is 116 g/mol. The zero-order valence-electron chi connectivity index (χ0n) is 5.34. The SMILES string of the molecule is N[C@@H]1CC(=O)CC[C@@H]1N. The molecule has 3 heteroatoms. The van der Waals surface area contributed by atoms with E-state index in [1.54, 1.807) is 0 Å². The molecule has 9 heavy (non-hydrogen) atoms. The van der Waals surface area contributed by atoms with Gasteiger partial charge in [0.15, 0.2) is 0 Å². The average Bonchev–Trinajstić information content (AvgIpc) is 1.80. The summed E-state index contributed by atoms with van der Waals surface area (Å²) in [6, 6.07) is -0.0473. The molecule has 0 amide bonds. The van der Waals surface area contributed by atoms with Gasteiger partial charge in [0.05, 0.1) is 0 Å². The standard InChI is InChI=1S/C6H12N2O/c7-5-2-1-4(9)3-6(5)8/h5-6H,1-3,7-8H2/t5-,6+/m0/s1. The average molecular weight is 128 g/mol. The third-order valence-electron chi connectivity index (χ3n) is 1.77. The van der Waals surface area contributed by atoms with Crippen molar-refractivity contribution >= 4 is 5.78 Å². The molecule has 0 radical (unpaired) electrons. The second-order valence-corrected chi connectivity index (χ2v) is 2.61. The normalized spacial score (nSPS) is 36.9. The van der Waals surface area contributed by atoms with E-state index in [-0.39, 0.29) is 17.9 Å². The Morgan fingerprint density at radius 1 is 1.33 bits per heavy atom. The quantitative estimate of drug-likeness (QED) is 0.457. The maximum Gasteiger partial charge on any atom is 0.134 e. The second kappa shape index (κ2) is 2.45. The Bertz CT molecular complexity index is 124. The summed E-state index contributed by atoms with van der Waals surface area (Å²) < 4.78 is 0. The Kier molecular flexibility index (Phi) is 1.83. The lowest BCUT2D eigenvalue weighted by atomic mass is 9.91. The number of nitrogens with two attached hydrogens (primary N) is 2. The molecule has 0 unspecified atom stereocenters. The van der Waals surface area contributed by atoms with Gasteiger partial charge in [-0.3, -0.25) is 4.79 Å². The van der Waals surface area contributed by atoms with Crippen LogP contribution in [0.1, 0.15) is 19.3 Å². The summed E-state index contributed by atoms with van der Waals surface area (Å²) in [6.45, 7) is 0. The van der Waals surface area contributed by atoms with Gasteiger partial charge < -0.3 is 11.5 Å². The highest BCUT2D eigenvalue weighted by atomic mass is 16.1. The lowest BCUT2D eigenvalue weighted by Gasteiger charge is -2.23. The van der Waals surface area contributed by atoms with E-state index in [9.17, 15) is 4.79 Å². The molecule has 0 aliphatic heterocycles. The molecule has 3 nitrogen and oxygen atoms in total. The van der Waals surface area contributed by atoms with Gasteiger partial charge in [0.25, 0.3) is 0 Å². The van der Waals surface area contributed by atoms with E-state index in [0.29, 0.717) is 12.8 Å². The molecule has 1 aliphatic rings. The number of hydrogen-bond acceptors (Lipinski definition) is 3. The lowest BCUT2D eigenvalue weighted by molar-refractivity contribution is -0.120. The molecule has 0 aromatic rings. The molecule has 0 bridgehead atoms. The van der Waals surface area contributed by atoms with E-state index in [1.807, 2.05) is 0 Å². The molecule has 1 aliphatic carbocycles. The highest BCUT2D eigenvalue weighted by Crippen LogP contribution is 2.11. The van der Waals surface area contributed by atoms with E-state index in [2.05, 4.69) is 0 Å². The third kappa shape index (κ3) is 1.50. The molecule has 0 heterocycles. The van der Waals surface area contributed by atoms with E-state index < -0.39 is 0 Å². The maximum atomic E-state index is 10.7. The summed E-state index contributed by atoms with van der Waals surface area (Å²) in [7, 11) is 0. The van der Waals surface area contributed by atoms with Crippen LogP contribution in [0.5, 0.6) is 0 Å². The monoisotopic (exact) mass is 128 g/mol. The van der Waals surface area contributed by atoms with Gasteiger partial charge in [-0.25, -0.2) is 0 Å². The van der Waals surface area contributed by atoms with Crippen molar-refractivity contribution in [1.29, 1.82) is 0 Å². The summed E-state index contributed by atoms with van der Waals surface area (Å²) in [5, 5.41) is 0. The largest absolute Gasteiger partial charge is 0.326 e. The summed E-state index contributed by atoms with van der Waals surface area (Å²) in [5.74, 6) is 0.254. The predicted octanol–water partition coefficient (Wildman–Crippen LogP) is -0.606. The van der Waals surface area contributed by atoms with E-state index >= 15 is 0 Å². The van der Waals surface area contributed by atoms with Crippen LogP contribution in [-0.2, 0) is 4.79 Å². The number of rotatable bonds is 0. The zero-order valence-corrected chi connectivity index (χ0v) is 5.34. The van der Waals surface area contributed by atoms with Gasteiger partial charge >= 0.3 is 0 Å². The van der Waals surface area contributed by atoms with Gasteiger partial charge in [0, 0.05) is 24.9 Å². The topological polar surface area (TPSA) is 69.1 Å². The minimum atomic E-state index is -0.0914. The first kappa shape index (κ1) is 6.71. The van der Waals surface area contributed by atoms with Gasteiger partial charge in [0.1, 0.15) is 5.78 Å². The van der Waals surface area contributed by atoms with E-state index in [1.165, 1.54) is 0 Å². The number of hydrogen-bond donors (Lipinski definition) is 2. The third-order valence-corrected chi connectivity index (χ3v) is 1.77. The smallest absolute Gasteiger partial charge is 0.134 e. The molecule has 1 fully saturated rings. The first-order chi connectivity index (χ1) is 4.20. The lowest BCUT2D eigenvalue weighted by Crippen LogP contribution is -2.46. The highest BCUT2D eigenvalue weighted by Gasteiger charge is 2.22. The molecule has 0 spiro atoms. The number of carbonyl (C=O) groups is 1. The van der Waals surface area contributed by atoms with Crippen molar-refractivity contribution in [3.63, 3.8) is 0 Å². The molecule has 2 atom stereocenters. The Labute approximate surface area is 54.4 Å². The zero-order chi connectivity index (χ0) is 6.85. The molecular formula is C6H12N2O. The van der Waals surface area contributed by atoms with Crippen molar-refractivity contribution in [3.05, 3.63) is 0 Å². The van der Waals surface area contributed by atoms with Crippen molar-refractivity contribution in [2.75, 3.05) is 0 Å². The first-order valence-electron chi connectivity index (χ1n) is 3.23. The van der Waals surface area contributed by atoms with Gasteiger partial charge in [-0.2, -0.15) is 0 Å². The van der Waals surface area contributed by atoms with Crippen molar-refractivity contribution in [1.82, 2.24) is 0 Å². The maximum absolute atomic E-state index is 10.7.